The van der Waals surface area contributed by atoms with Crippen LogP contribution in [0.5, 0.6) is 0 Å². The third kappa shape index (κ3) is 7.00. The summed E-state index contributed by atoms with van der Waals surface area (Å²) in [5, 5.41) is 29.4. The summed E-state index contributed by atoms with van der Waals surface area (Å²) in [6.07, 6.45) is 0.0438. The summed E-state index contributed by atoms with van der Waals surface area (Å²) in [7, 11) is 0. The first kappa shape index (κ1) is 35.4. The van der Waals surface area contributed by atoms with Gasteiger partial charge in [-0.2, -0.15) is 8.78 Å². The zero-order chi connectivity index (χ0) is 36.5. The summed E-state index contributed by atoms with van der Waals surface area (Å²) in [6.45, 7) is 2.17. The van der Waals surface area contributed by atoms with Crippen LogP contribution in [0.25, 0.3) is 21.6 Å². The van der Waals surface area contributed by atoms with Gasteiger partial charge in [-0.25, -0.2) is 4.79 Å². The number of ether oxygens (including phenoxy) is 1. The molecule has 14 nitrogen and oxygen atoms in total. The van der Waals surface area contributed by atoms with Crippen LogP contribution in [-0.4, -0.2) is 78.0 Å². The molecule has 0 radical (unpaired) electrons. The van der Waals surface area contributed by atoms with E-state index in [1.165, 1.54) is 46.6 Å². The highest BCUT2D eigenvalue weighted by Crippen LogP contribution is 2.59. The van der Waals surface area contributed by atoms with Crippen LogP contribution in [-0.2, 0) is 20.2 Å². The van der Waals surface area contributed by atoms with Crippen molar-refractivity contribution in [1.29, 1.82) is 5.41 Å². The number of azide groups is 1. The number of benzene rings is 2. The minimum absolute atomic E-state index is 0.107. The van der Waals surface area contributed by atoms with Crippen LogP contribution in [0, 0.1) is 10.8 Å². The summed E-state index contributed by atoms with van der Waals surface area (Å²) in [4.78, 5) is 56.5. The average molecular weight is 721 g/mol. The topological polar surface area (TPSA) is 210 Å². The number of amides is 4. The maximum Gasteiger partial charge on any atom is 0.410 e. The molecule has 266 valence electrons. The monoisotopic (exact) mass is 720 g/mol. The van der Waals surface area contributed by atoms with Crippen molar-refractivity contribution < 1.29 is 37.8 Å². The van der Waals surface area contributed by atoms with E-state index in [-0.39, 0.29) is 47.3 Å². The molecule has 17 heteroatoms. The van der Waals surface area contributed by atoms with Crippen molar-refractivity contribution in [2.45, 2.75) is 50.2 Å². The Morgan fingerprint density at radius 3 is 2.67 bits per heavy atom. The fourth-order valence-corrected chi connectivity index (χ4v) is 7.82. The number of carbonyl (C=O) groups is 4. The number of likely N-dealkylation sites (tertiary alicyclic amines) is 1. The largest absolute Gasteiger partial charge is 0.465 e. The number of hydrogen-bond donors (Lipinski definition) is 5. The molecule has 1 unspecified atom stereocenters. The van der Waals surface area contributed by atoms with Gasteiger partial charge in [0.15, 0.2) is 0 Å². The molecule has 0 bridgehead atoms. The van der Waals surface area contributed by atoms with E-state index in [0.717, 1.165) is 0 Å². The molecule has 1 aliphatic heterocycles. The van der Waals surface area contributed by atoms with E-state index in [1.807, 2.05) is 5.32 Å². The van der Waals surface area contributed by atoms with Gasteiger partial charge in [0.2, 0.25) is 11.8 Å². The van der Waals surface area contributed by atoms with Gasteiger partial charge in [-0.1, -0.05) is 35.4 Å². The summed E-state index contributed by atoms with van der Waals surface area (Å²) in [5.41, 5.74) is 8.70. The maximum absolute atomic E-state index is 15.0. The first-order valence-corrected chi connectivity index (χ1v) is 17.0. The molecule has 6 rings (SSSR count). The van der Waals surface area contributed by atoms with E-state index in [2.05, 4.69) is 20.7 Å². The number of rotatable bonds is 13. The van der Waals surface area contributed by atoms with E-state index in [0.29, 0.717) is 41.9 Å². The second-order valence-electron chi connectivity index (χ2n) is 12.8. The SMILES string of the molecule is CC(NC(=O)[C@@H]1C[C@]2(COCCCN=[N+]=[N-])C[C@@H]2N1C(=O)CNC(=O)c1ccc2c(c1)-c1ccccc1C2(F)F)c1cc(C(=N)NC(=O)O)cs1. The molecular formula is C34H34F2N8O6S. The van der Waals surface area contributed by atoms with Gasteiger partial charge >= 0.3 is 6.09 Å². The fourth-order valence-electron chi connectivity index (χ4n) is 6.92. The number of alkyl halides is 2. The van der Waals surface area contributed by atoms with Crippen molar-refractivity contribution in [2.75, 3.05) is 26.3 Å². The molecule has 4 amide bonds. The molecule has 3 aromatic rings. The van der Waals surface area contributed by atoms with Crippen molar-refractivity contribution in [3.8, 4) is 11.1 Å². The smallest absolute Gasteiger partial charge is 0.410 e. The highest BCUT2D eigenvalue weighted by Gasteiger charge is 2.67. The third-order valence-electron chi connectivity index (χ3n) is 9.51. The number of carboxylic acid groups (broad SMARTS) is 1. The van der Waals surface area contributed by atoms with Crippen LogP contribution < -0.4 is 16.0 Å². The molecule has 5 N–H and O–H groups in total. The fraction of sp³-hybridized carbons (Fsp3) is 0.382. The summed E-state index contributed by atoms with van der Waals surface area (Å²) in [6, 6.07) is 9.89. The second kappa shape index (κ2) is 14.1. The minimum Gasteiger partial charge on any atom is -0.465 e. The Hall–Kier alpha value is -5.38. The highest BCUT2D eigenvalue weighted by atomic mass is 32.1. The highest BCUT2D eigenvalue weighted by molar-refractivity contribution is 7.10. The number of amidine groups is 1. The van der Waals surface area contributed by atoms with E-state index in [9.17, 15) is 19.2 Å². The number of carbonyl (C=O) groups excluding carboxylic acids is 3. The van der Waals surface area contributed by atoms with Crippen molar-refractivity contribution in [2.24, 2.45) is 10.5 Å². The third-order valence-corrected chi connectivity index (χ3v) is 10.6. The van der Waals surface area contributed by atoms with Crippen molar-refractivity contribution >= 4 is 41.0 Å². The molecule has 3 aliphatic rings. The molecule has 1 saturated carbocycles. The van der Waals surface area contributed by atoms with Gasteiger partial charge in [0.05, 0.1) is 19.2 Å². The Morgan fingerprint density at radius 2 is 1.90 bits per heavy atom. The van der Waals surface area contributed by atoms with Crippen molar-refractivity contribution in [3.63, 3.8) is 0 Å². The first-order valence-electron chi connectivity index (χ1n) is 16.1. The number of nitrogens with one attached hydrogen (secondary N) is 4. The van der Waals surface area contributed by atoms with Gasteiger partial charge in [0.1, 0.15) is 11.9 Å². The van der Waals surface area contributed by atoms with Crippen LogP contribution in [0.4, 0.5) is 13.6 Å². The van der Waals surface area contributed by atoms with Crippen LogP contribution in [0.1, 0.15) is 64.2 Å². The summed E-state index contributed by atoms with van der Waals surface area (Å²) >= 11 is 1.24. The predicted molar refractivity (Wildman–Crippen MR) is 182 cm³/mol. The van der Waals surface area contributed by atoms with E-state index >= 15 is 8.78 Å². The number of hydrogen-bond acceptors (Lipinski definition) is 8. The maximum atomic E-state index is 15.0. The summed E-state index contributed by atoms with van der Waals surface area (Å²) < 4.78 is 35.9. The zero-order valence-corrected chi connectivity index (χ0v) is 28.1. The van der Waals surface area contributed by atoms with Gasteiger partial charge in [-0.3, -0.25) is 25.1 Å². The Bertz CT molecular complexity index is 1970. The van der Waals surface area contributed by atoms with Crippen molar-refractivity contribution in [3.05, 3.63) is 91.5 Å². The Balaban J connectivity index is 1.14. The molecule has 2 aliphatic carbocycles. The standard InChI is InChI=1S/C34H34F2N8O6S/c1-18(26-12-20(16-51-26)29(37)42-32(48)49)41-31(47)25-13-33(17-50-10-4-9-40-43-38)14-27(33)44(25)28(45)15-39-30(46)19-7-8-24-22(11-19)21-5-2-3-6-23(21)34(24,35)36/h2-3,5-8,11-12,16,18,25,27H,4,9-10,13-15,17H2,1H3,(H2,37,42)(H,39,46)(H,41,47)(H,48,49)/t18?,25-,27-,33+/m0/s1. The Morgan fingerprint density at radius 1 is 1.14 bits per heavy atom. The van der Waals surface area contributed by atoms with Gasteiger partial charge in [-0.05, 0) is 61.0 Å². The molecule has 2 fully saturated rings. The van der Waals surface area contributed by atoms with Crippen LogP contribution in [0.3, 0.4) is 0 Å². The van der Waals surface area contributed by atoms with Crippen LogP contribution >= 0.6 is 11.3 Å². The zero-order valence-electron chi connectivity index (χ0n) is 27.3. The van der Waals surface area contributed by atoms with E-state index in [4.69, 9.17) is 20.8 Å². The first-order chi connectivity index (χ1) is 24.4. The lowest BCUT2D eigenvalue weighted by Crippen LogP contribution is -2.51. The van der Waals surface area contributed by atoms with Crippen LogP contribution in [0.15, 0.2) is 59.0 Å². The average Bonchev–Trinajstić information content (AvgIpc) is 3.38. The molecule has 51 heavy (non-hydrogen) atoms. The molecule has 0 spiro atoms. The predicted octanol–water partition coefficient (Wildman–Crippen LogP) is 5.15. The van der Waals surface area contributed by atoms with E-state index in [1.54, 1.807) is 30.5 Å². The number of piperidine rings is 1. The molecular weight excluding hydrogens is 686 g/mol. The lowest BCUT2D eigenvalue weighted by atomic mass is 10.00. The lowest BCUT2D eigenvalue weighted by molar-refractivity contribution is -0.139. The number of halogens is 2. The van der Waals surface area contributed by atoms with Gasteiger partial charge in [0, 0.05) is 62.0 Å². The number of fused-ring (bicyclic) bond motifs is 4. The lowest BCUT2D eigenvalue weighted by Gasteiger charge is -2.28. The van der Waals surface area contributed by atoms with Gasteiger partial charge in [-0.15, -0.1) is 11.3 Å². The molecule has 1 aromatic heterocycles. The quantitative estimate of drug-likeness (QED) is 0.0403. The molecule has 1 saturated heterocycles. The van der Waals surface area contributed by atoms with Crippen molar-refractivity contribution in [1.82, 2.24) is 20.9 Å². The number of nitrogens with zero attached hydrogens (tertiary/aromatic N) is 4. The van der Waals surface area contributed by atoms with Gasteiger partial charge < -0.3 is 25.4 Å². The normalized spacial score (nSPS) is 21.0. The van der Waals surface area contributed by atoms with E-state index < -0.39 is 53.8 Å². The Labute approximate surface area is 294 Å². The minimum atomic E-state index is -3.20. The molecule has 4 atom stereocenters. The number of thiophene rings is 1. The molecule has 2 heterocycles. The second-order valence-corrected chi connectivity index (χ2v) is 13.7. The molecule has 2 aromatic carbocycles. The van der Waals surface area contributed by atoms with Crippen LogP contribution in [0.2, 0.25) is 0 Å². The summed E-state index contributed by atoms with van der Waals surface area (Å²) in [5.74, 6) is -5.05. The van der Waals surface area contributed by atoms with Gasteiger partial charge in [0.25, 0.3) is 11.8 Å². The Kier molecular flexibility index (Phi) is 9.79.